The standard InChI is InChI=1S/C22H33FN6OS.HI/c1-5-24-21(25-13-18-15-31-22(27-18)28(2)3)26-17-8-10-29(11-9-17)14-16-6-7-20(30-4)19(23)12-16;/h6-7,12,15,17H,5,8-11,13-14H2,1-4H3,(H2,24,25,26);1H. The van der Waals surface area contributed by atoms with Crippen LogP contribution in [-0.4, -0.2) is 62.7 Å². The Labute approximate surface area is 211 Å². The van der Waals surface area contributed by atoms with E-state index in [0.717, 1.165) is 61.4 Å². The van der Waals surface area contributed by atoms with Crippen molar-refractivity contribution in [3.8, 4) is 5.75 Å². The molecule has 3 rings (SSSR count). The Morgan fingerprint density at radius 3 is 2.69 bits per heavy atom. The van der Waals surface area contributed by atoms with E-state index in [1.807, 2.05) is 25.1 Å². The molecule has 2 aromatic rings. The van der Waals surface area contributed by atoms with Crippen LogP contribution in [0.1, 0.15) is 31.0 Å². The number of piperidine rings is 1. The molecule has 1 fully saturated rings. The van der Waals surface area contributed by atoms with Crippen molar-refractivity contribution in [2.45, 2.75) is 38.9 Å². The number of thiazole rings is 1. The fourth-order valence-corrected chi connectivity index (χ4v) is 4.30. The van der Waals surface area contributed by atoms with E-state index < -0.39 is 0 Å². The van der Waals surface area contributed by atoms with Crippen LogP contribution in [-0.2, 0) is 13.1 Å². The number of guanidine groups is 1. The molecule has 1 aliphatic heterocycles. The van der Waals surface area contributed by atoms with E-state index in [0.29, 0.717) is 12.6 Å². The maximum Gasteiger partial charge on any atom is 0.191 e. The van der Waals surface area contributed by atoms with Crippen LogP contribution in [0.2, 0.25) is 0 Å². The molecule has 1 aromatic heterocycles. The number of rotatable bonds is 8. The van der Waals surface area contributed by atoms with Gasteiger partial charge in [-0.05, 0) is 37.5 Å². The summed E-state index contributed by atoms with van der Waals surface area (Å²) in [4.78, 5) is 13.7. The molecule has 0 saturated carbocycles. The van der Waals surface area contributed by atoms with Crippen molar-refractivity contribution in [1.29, 1.82) is 0 Å². The van der Waals surface area contributed by atoms with Crippen LogP contribution in [0.3, 0.4) is 0 Å². The van der Waals surface area contributed by atoms with E-state index in [1.54, 1.807) is 23.5 Å². The zero-order chi connectivity index (χ0) is 22.2. The Morgan fingerprint density at radius 1 is 1.34 bits per heavy atom. The first-order valence-electron chi connectivity index (χ1n) is 10.7. The van der Waals surface area contributed by atoms with Gasteiger partial charge in [0.15, 0.2) is 22.7 Å². The van der Waals surface area contributed by atoms with E-state index in [1.165, 1.54) is 7.11 Å². The van der Waals surface area contributed by atoms with Gasteiger partial charge in [0.05, 0.1) is 19.3 Å². The first-order valence-corrected chi connectivity index (χ1v) is 11.6. The highest BCUT2D eigenvalue weighted by atomic mass is 127. The molecule has 7 nitrogen and oxygen atoms in total. The Kier molecular flexibility index (Phi) is 10.9. The second kappa shape index (κ2) is 13.1. The van der Waals surface area contributed by atoms with Crippen LogP contribution < -0.4 is 20.3 Å². The maximum absolute atomic E-state index is 13.9. The van der Waals surface area contributed by atoms with E-state index in [4.69, 9.17) is 9.73 Å². The summed E-state index contributed by atoms with van der Waals surface area (Å²) in [6.45, 7) is 6.11. The van der Waals surface area contributed by atoms with Crippen LogP contribution in [0.25, 0.3) is 0 Å². The van der Waals surface area contributed by atoms with Gasteiger partial charge >= 0.3 is 0 Å². The summed E-state index contributed by atoms with van der Waals surface area (Å²) in [7, 11) is 5.47. The summed E-state index contributed by atoms with van der Waals surface area (Å²) < 4.78 is 18.9. The summed E-state index contributed by atoms with van der Waals surface area (Å²) in [5, 5.41) is 9.95. The summed E-state index contributed by atoms with van der Waals surface area (Å²) in [6.07, 6.45) is 2.04. The number of nitrogens with one attached hydrogen (secondary N) is 2. The van der Waals surface area contributed by atoms with Gasteiger partial charge in [0.25, 0.3) is 0 Å². The summed E-state index contributed by atoms with van der Waals surface area (Å²) >= 11 is 1.63. The molecule has 1 aliphatic rings. The minimum atomic E-state index is -0.305. The first kappa shape index (κ1) is 26.6. The molecule has 0 amide bonds. The van der Waals surface area contributed by atoms with Gasteiger partial charge in [-0.25, -0.2) is 14.4 Å². The lowest BCUT2D eigenvalue weighted by atomic mass is 10.0. The zero-order valence-electron chi connectivity index (χ0n) is 19.2. The summed E-state index contributed by atoms with van der Waals surface area (Å²) in [5.41, 5.74) is 1.95. The number of methoxy groups -OCH3 is 1. The van der Waals surface area contributed by atoms with Gasteiger partial charge < -0.3 is 20.3 Å². The molecule has 10 heteroatoms. The maximum atomic E-state index is 13.9. The smallest absolute Gasteiger partial charge is 0.191 e. The Bertz CT molecular complexity index is 870. The number of ether oxygens (including phenoxy) is 1. The van der Waals surface area contributed by atoms with Crippen LogP contribution >= 0.6 is 35.3 Å². The van der Waals surface area contributed by atoms with Crippen LogP contribution in [0.5, 0.6) is 5.75 Å². The molecule has 0 spiro atoms. The Hall–Kier alpha value is -1.66. The molecule has 2 heterocycles. The zero-order valence-corrected chi connectivity index (χ0v) is 22.4. The molecule has 0 aliphatic carbocycles. The molecule has 0 unspecified atom stereocenters. The highest BCUT2D eigenvalue weighted by Gasteiger charge is 2.20. The number of hydrogen-bond donors (Lipinski definition) is 2. The fourth-order valence-electron chi connectivity index (χ4n) is 3.55. The number of hydrogen-bond acceptors (Lipinski definition) is 6. The monoisotopic (exact) mass is 576 g/mol. The normalized spacial score (nSPS) is 15.2. The second-order valence-electron chi connectivity index (χ2n) is 7.87. The number of nitrogens with zero attached hydrogens (tertiary/aromatic N) is 4. The average molecular weight is 577 g/mol. The van der Waals surface area contributed by atoms with Crippen molar-refractivity contribution in [2.24, 2.45) is 4.99 Å². The average Bonchev–Trinajstić information content (AvgIpc) is 3.23. The quantitative estimate of drug-likeness (QED) is 0.284. The molecule has 178 valence electrons. The molecule has 1 saturated heterocycles. The molecule has 0 radical (unpaired) electrons. The van der Waals surface area contributed by atoms with Crippen molar-refractivity contribution in [3.05, 3.63) is 40.7 Å². The lowest BCUT2D eigenvalue weighted by Crippen LogP contribution is -2.48. The first-order chi connectivity index (χ1) is 15.0. The van der Waals surface area contributed by atoms with E-state index in [9.17, 15) is 4.39 Å². The van der Waals surface area contributed by atoms with Gasteiger partial charge in [0, 0.05) is 51.7 Å². The molecular formula is C22H34FIN6OS. The number of aromatic nitrogens is 1. The topological polar surface area (TPSA) is 65.0 Å². The molecule has 0 atom stereocenters. The third kappa shape index (κ3) is 7.73. The molecular weight excluding hydrogens is 542 g/mol. The minimum Gasteiger partial charge on any atom is -0.494 e. The van der Waals surface area contributed by atoms with Crippen molar-refractivity contribution < 1.29 is 9.13 Å². The lowest BCUT2D eigenvalue weighted by molar-refractivity contribution is 0.198. The van der Waals surface area contributed by atoms with E-state index in [-0.39, 0.29) is 35.5 Å². The second-order valence-corrected chi connectivity index (χ2v) is 8.71. The van der Waals surface area contributed by atoms with Crippen molar-refractivity contribution >= 4 is 46.4 Å². The predicted octanol–water partition coefficient (Wildman–Crippen LogP) is 3.69. The van der Waals surface area contributed by atoms with Crippen molar-refractivity contribution in [3.63, 3.8) is 0 Å². The molecule has 0 bridgehead atoms. The van der Waals surface area contributed by atoms with Crippen LogP contribution in [0.15, 0.2) is 28.6 Å². The molecule has 32 heavy (non-hydrogen) atoms. The number of aliphatic imine (C=N–C) groups is 1. The molecule has 1 aromatic carbocycles. The highest BCUT2D eigenvalue weighted by Crippen LogP contribution is 2.21. The third-order valence-corrected chi connectivity index (χ3v) is 6.27. The van der Waals surface area contributed by atoms with Gasteiger partial charge in [-0.2, -0.15) is 0 Å². The SMILES string of the molecule is CCNC(=NCc1csc(N(C)C)n1)NC1CCN(Cc2ccc(OC)c(F)c2)CC1.I. The predicted molar refractivity (Wildman–Crippen MR) is 141 cm³/mol. The van der Waals surface area contributed by atoms with Crippen LogP contribution in [0, 0.1) is 5.82 Å². The van der Waals surface area contributed by atoms with Crippen molar-refractivity contribution in [1.82, 2.24) is 20.5 Å². The number of likely N-dealkylation sites (tertiary alicyclic amines) is 1. The van der Waals surface area contributed by atoms with E-state index in [2.05, 4.69) is 32.8 Å². The Morgan fingerprint density at radius 2 is 2.09 bits per heavy atom. The number of halogens is 2. The molecule has 2 N–H and O–H groups in total. The van der Waals surface area contributed by atoms with E-state index >= 15 is 0 Å². The lowest BCUT2D eigenvalue weighted by Gasteiger charge is -2.33. The largest absolute Gasteiger partial charge is 0.494 e. The van der Waals surface area contributed by atoms with Crippen LogP contribution in [0.4, 0.5) is 9.52 Å². The Balaban J connectivity index is 0.00000363. The number of anilines is 1. The summed E-state index contributed by atoms with van der Waals surface area (Å²) in [5.74, 6) is 0.816. The number of benzene rings is 1. The van der Waals surface area contributed by atoms with Gasteiger partial charge in [-0.3, -0.25) is 4.90 Å². The van der Waals surface area contributed by atoms with Gasteiger partial charge in [-0.1, -0.05) is 6.07 Å². The minimum absolute atomic E-state index is 0. The van der Waals surface area contributed by atoms with Gasteiger partial charge in [0.1, 0.15) is 0 Å². The van der Waals surface area contributed by atoms with Crippen molar-refractivity contribution in [2.75, 3.05) is 45.7 Å². The third-order valence-electron chi connectivity index (χ3n) is 5.22. The fraction of sp³-hybridized carbons (Fsp3) is 0.545. The van der Waals surface area contributed by atoms with Gasteiger partial charge in [-0.15, -0.1) is 35.3 Å². The van der Waals surface area contributed by atoms with Gasteiger partial charge in [0.2, 0.25) is 0 Å². The summed E-state index contributed by atoms with van der Waals surface area (Å²) in [6, 6.07) is 5.57. The highest BCUT2D eigenvalue weighted by molar-refractivity contribution is 14.0.